The molecule has 0 saturated carbocycles. The van der Waals surface area contributed by atoms with Crippen LogP contribution in [0.2, 0.25) is 0 Å². The van der Waals surface area contributed by atoms with E-state index < -0.39 is 0 Å². The van der Waals surface area contributed by atoms with Gasteiger partial charge in [0.05, 0.1) is 25.5 Å². The molecule has 4 aromatic rings. The van der Waals surface area contributed by atoms with E-state index in [1.807, 2.05) is 77.5 Å². The molecule has 4 nitrogen and oxygen atoms in total. The molecule has 4 heteroatoms. The topological polar surface area (TPSA) is 36.3 Å². The molecule has 0 N–H and O–H groups in total. The molecule has 0 radical (unpaired) electrons. The summed E-state index contributed by atoms with van der Waals surface area (Å²) in [4.78, 5) is 0. The van der Waals surface area contributed by atoms with Gasteiger partial charge in [0.2, 0.25) is 5.88 Å². The fourth-order valence-electron chi connectivity index (χ4n) is 3.21. The molecule has 0 spiro atoms. The van der Waals surface area contributed by atoms with Gasteiger partial charge in [-0.1, -0.05) is 54.6 Å². The van der Waals surface area contributed by atoms with Crippen molar-refractivity contribution in [2.24, 2.45) is 0 Å². The number of nitrogens with zero attached hydrogens (tertiary/aromatic N) is 2. The van der Waals surface area contributed by atoms with Gasteiger partial charge in [-0.25, -0.2) is 0 Å². The first kappa shape index (κ1) is 18.6. The maximum Gasteiger partial charge on any atom is 0.224 e. The minimum absolute atomic E-state index is 0.689. The highest BCUT2D eigenvalue weighted by Gasteiger charge is 2.19. The molecule has 1 aromatic heterocycles. The molecular formula is C25H22N2O2. The summed E-state index contributed by atoms with van der Waals surface area (Å²) in [6, 6.07) is 28.1. The minimum atomic E-state index is 0.689. The number of rotatable bonds is 6. The number of methoxy groups -OCH3 is 2. The van der Waals surface area contributed by atoms with Crippen LogP contribution in [0.1, 0.15) is 11.1 Å². The third kappa shape index (κ3) is 3.92. The zero-order chi connectivity index (χ0) is 20.1. The second-order valence-electron chi connectivity index (χ2n) is 6.49. The van der Waals surface area contributed by atoms with Crippen LogP contribution in [-0.2, 0) is 0 Å². The summed E-state index contributed by atoms with van der Waals surface area (Å²) in [6.45, 7) is 0. The highest BCUT2D eigenvalue weighted by molar-refractivity contribution is 5.82. The Balaban J connectivity index is 1.87. The van der Waals surface area contributed by atoms with Crippen LogP contribution in [0, 0.1) is 0 Å². The zero-order valence-electron chi connectivity index (χ0n) is 16.4. The van der Waals surface area contributed by atoms with E-state index in [1.165, 1.54) is 0 Å². The van der Waals surface area contributed by atoms with Crippen molar-refractivity contribution in [3.05, 3.63) is 96.1 Å². The Morgan fingerprint density at radius 2 is 1.38 bits per heavy atom. The summed E-state index contributed by atoms with van der Waals surface area (Å²) in [5.74, 6) is 1.50. The van der Waals surface area contributed by atoms with Crippen LogP contribution in [0.3, 0.4) is 0 Å². The summed E-state index contributed by atoms with van der Waals surface area (Å²) in [5.41, 5.74) is 4.82. The maximum atomic E-state index is 5.79. The Kier molecular flexibility index (Phi) is 5.43. The third-order valence-electron chi connectivity index (χ3n) is 4.68. The lowest BCUT2D eigenvalue weighted by atomic mass is 10.1. The number of benzene rings is 3. The molecule has 0 aliphatic heterocycles. The van der Waals surface area contributed by atoms with Gasteiger partial charge in [0.1, 0.15) is 11.4 Å². The second-order valence-corrected chi connectivity index (χ2v) is 6.49. The van der Waals surface area contributed by atoms with Gasteiger partial charge in [-0.05, 0) is 48.0 Å². The Labute approximate surface area is 170 Å². The van der Waals surface area contributed by atoms with E-state index in [2.05, 4.69) is 24.3 Å². The standard InChI is InChI=1S/C25H22N2O2/c1-28-22-16-14-20(15-17-22)24-23(18-13-19-9-5-3-6-10-19)25(29-2)27(26-24)21-11-7-4-8-12-21/h3-18H,1-2H3. The number of aromatic nitrogens is 2. The Morgan fingerprint density at radius 3 is 2.00 bits per heavy atom. The van der Waals surface area contributed by atoms with E-state index in [0.717, 1.165) is 33.8 Å². The van der Waals surface area contributed by atoms with E-state index in [9.17, 15) is 0 Å². The first-order chi connectivity index (χ1) is 14.3. The summed E-state index contributed by atoms with van der Waals surface area (Å²) < 4.78 is 12.9. The summed E-state index contributed by atoms with van der Waals surface area (Å²) in [5, 5.41) is 4.89. The van der Waals surface area contributed by atoms with Crippen LogP contribution < -0.4 is 9.47 Å². The number of hydrogen-bond donors (Lipinski definition) is 0. The van der Waals surface area contributed by atoms with Gasteiger partial charge in [0, 0.05) is 5.56 Å². The van der Waals surface area contributed by atoms with Gasteiger partial charge in [0.25, 0.3) is 0 Å². The largest absolute Gasteiger partial charge is 0.497 e. The highest BCUT2D eigenvalue weighted by atomic mass is 16.5. The van der Waals surface area contributed by atoms with Crippen LogP contribution in [0.5, 0.6) is 11.6 Å². The molecule has 0 atom stereocenters. The maximum absolute atomic E-state index is 5.79. The Morgan fingerprint density at radius 1 is 0.724 bits per heavy atom. The molecule has 0 aliphatic rings. The van der Waals surface area contributed by atoms with Gasteiger partial charge >= 0.3 is 0 Å². The lowest BCUT2D eigenvalue weighted by Gasteiger charge is -2.06. The summed E-state index contributed by atoms with van der Waals surface area (Å²) in [6.07, 6.45) is 4.13. The predicted molar refractivity (Wildman–Crippen MR) is 117 cm³/mol. The molecular weight excluding hydrogens is 360 g/mol. The van der Waals surface area contributed by atoms with E-state index in [4.69, 9.17) is 14.6 Å². The Hall–Kier alpha value is -3.79. The third-order valence-corrected chi connectivity index (χ3v) is 4.68. The van der Waals surface area contributed by atoms with Gasteiger partial charge in [-0.3, -0.25) is 0 Å². The van der Waals surface area contributed by atoms with Crippen LogP contribution in [0.15, 0.2) is 84.9 Å². The molecule has 0 unspecified atom stereocenters. The van der Waals surface area contributed by atoms with Gasteiger partial charge < -0.3 is 9.47 Å². The normalized spacial score (nSPS) is 11.0. The Bertz CT molecular complexity index is 1100. The lowest BCUT2D eigenvalue weighted by molar-refractivity contribution is 0.383. The predicted octanol–water partition coefficient (Wildman–Crippen LogP) is 5.73. The van der Waals surface area contributed by atoms with E-state index in [-0.39, 0.29) is 0 Å². The van der Waals surface area contributed by atoms with E-state index in [0.29, 0.717) is 5.88 Å². The molecule has 0 bridgehead atoms. The van der Waals surface area contributed by atoms with Gasteiger partial charge in [-0.15, -0.1) is 0 Å². The molecule has 0 amide bonds. The van der Waals surface area contributed by atoms with Crippen molar-refractivity contribution in [3.8, 4) is 28.6 Å². The average molecular weight is 382 g/mol. The quantitative estimate of drug-likeness (QED) is 0.427. The molecule has 3 aromatic carbocycles. The zero-order valence-corrected chi connectivity index (χ0v) is 16.4. The number of hydrogen-bond acceptors (Lipinski definition) is 3. The first-order valence-electron chi connectivity index (χ1n) is 9.40. The van der Waals surface area contributed by atoms with Crippen LogP contribution in [0.4, 0.5) is 0 Å². The molecule has 0 saturated heterocycles. The minimum Gasteiger partial charge on any atom is -0.497 e. The molecule has 0 aliphatic carbocycles. The number of ether oxygens (including phenoxy) is 2. The first-order valence-corrected chi connectivity index (χ1v) is 9.40. The summed E-state index contributed by atoms with van der Waals surface area (Å²) >= 11 is 0. The fraction of sp³-hybridized carbons (Fsp3) is 0.0800. The van der Waals surface area contributed by atoms with Gasteiger partial charge in [-0.2, -0.15) is 9.78 Å². The molecule has 0 fully saturated rings. The average Bonchev–Trinajstić information content (AvgIpc) is 3.17. The van der Waals surface area contributed by atoms with E-state index in [1.54, 1.807) is 14.2 Å². The van der Waals surface area contributed by atoms with Crippen molar-refractivity contribution in [2.75, 3.05) is 14.2 Å². The van der Waals surface area contributed by atoms with Crippen LogP contribution >= 0.6 is 0 Å². The highest BCUT2D eigenvalue weighted by Crippen LogP contribution is 2.34. The van der Waals surface area contributed by atoms with Crippen LogP contribution in [-0.4, -0.2) is 24.0 Å². The van der Waals surface area contributed by atoms with Crippen molar-refractivity contribution in [1.29, 1.82) is 0 Å². The molecule has 144 valence electrons. The number of para-hydroxylation sites is 1. The smallest absolute Gasteiger partial charge is 0.224 e. The summed E-state index contributed by atoms with van der Waals surface area (Å²) in [7, 11) is 3.34. The van der Waals surface area contributed by atoms with Crippen molar-refractivity contribution in [2.45, 2.75) is 0 Å². The van der Waals surface area contributed by atoms with Gasteiger partial charge in [0.15, 0.2) is 0 Å². The van der Waals surface area contributed by atoms with Crippen molar-refractivity contribution in [1.82, 2.24) is 9.78 Å². The molecule has 29 heavy (non-hydrogen) atoms. The van der Waals surface area contributed by atoms with Crippen molar-refractivity contribution >= 4 is 12.2 Å². The SMILES string of the molecule is COc1ccc(-c2nn(-c3ccccc3)c(OC)c2C=Cc2ccccc2)cc1. The van der Waals surface area contributed by atoms with E-state index >= 15 is 0 Å². The van der Waals surface area contributed by atoms with Crippen molar-refractivity contribution < 1.29 is 9.47 Å². The molecule has 1 heterocycles. The second kappa shape index (κ2) is 8.48. The fourth-order valence-corrected chi connectivity index (χ4v) is 3.21. The monoisotopic (exact) mass is 382 g/mol. The van der Waals surface area contributed by atoms with Crippen molar-refractivity contribution in [3.63, 3.8) is 0 Å². The van der Waals surface area contributed by atoms with Crippen LogP contribution in [0.25, 0.3) is 29.1 Å². The lowest BCUT2D eigenvalue weighted by Crippen LogP contribution is -1.99. The molecule has 4 rings (SSSR count).